The molecule has 6 aromatic rings. The zero-order chi connectivity index (χ0) is 35.9. The highest BCUT2D eigenvalue weighted by Gasteiger charge is 2.23. The summed E-state index contributed by atoms with van der Waals surface area (Å²) in [4.78, 5) is 36.6. The highest BCUT2D eigenvalue weighted by atomic mass is 16.3. The van der Waals surface area contributed by atoms with Crippen molar-refractivity contribution in [3.8, 4) is 0 Å². The fraction of sp³-hybridized carbons (Fsp3) is 0.405. The summed E-state index contributed by atoms with van der Waals surface area (Å²) in [7, 11) is 3.83. The highest BCUT2D eigenvalue weighted by molar-refractivity contribution is 5.94. The molecule has 2 atom stereocenters. The van der Waals surface area contributed by atoms with Crippen LogP contribution in [0.3, 0.4) is 0 Å². The molecule has 4 aromatic heterocycles. The van der Waals surface area contributed by atoms with Crippen molar-refractivity contribution in [2.75, 3.05) is 0 Å². The van der Waals surface area contributed by atoms with Gasteiger partial charge in [-0.25, -0.2) is 0 Å². The monoisotopic (exact) mass is 678 g/mol. The number of hydrogen-bond acceptors (Lipinski definition) is 5. The van der Waals surface area contributed by atoms with Crippen molar-refractivity contribution in [1.82, 2.24) is 37.8 Å². The van der Waals surface area contributed by atoms with Gasteiger partial charge in [0.2, 0.25) is 11.2 Å². The Labute approximate surface area is 290 Å². The van der Waals surface area contributed by atoms with Gasteiger partial charge in [0.05, 0.1) is 40.1 Å². The fourth-order valence-corrected chi connectivity index (χ4v) is 7.02. The van der Waals surface area contributed by atoms with Crippen molar-refractivity contribution in [2.45, 2.75) is 86.2 Å². The number of fused-ring (bicyclic) bond motifs is 2. The van der Waals surface area contributed by atoms with E-state index in [0.717, 1.165) is 45.4 Å². The van der Waals surface area contributed by atoms with Crippen molar-refractivity contribution in [2.24, 2.45) is 24.1 Å². The molecule has 0 radical (unpaired) electrons. The lowest BCUT2D eigenvalue weighted by molar-refractivity contribution is 0.0977. The van der Waals surface area contributed by atoms with Crippen LogP contribution in [0.2, 0.25) is 0 Å². The van der Waals surface area contributed by atoms with Crippen molar-refractivity contribution in [1.29, 1.82) is 0 Å². The summed E-state index contributed by atoms with van der Waals surface area (Å²) in [5.74, 6) is -0.717. The van der Waals surface area contributed by atoms with E-state index in [-0.39, 0.29) is 30.5 Å². The van der Waals surface area contributed by atoms with Gasteiger partial charge in [0.15, 0.2) is 0 Å². The van der Waals surface area contributed by atoms with E-state index in [0.29, 0.717) is 42.1 Å². The van der Waals surface area contributed by atoms with Gasteiger partial charge < -0.3 is 23.4 Å². The summed E-state index contributed by atoms with van der Waals surface area (Å²) in [6.45, 7) is 12.9. The molecule has 0 saturated carbocycles. The number of benzene rings is 2. The average Bonchev–Trinajstić information content (AvgIpc) is 3.84. The number of rotatable bonds is 10. The maximum Gasteiger partial charge on any atom is 0.298 e. The Kier molecular flexibility index (Phi) is 9.61. The number of carbonyl (C=O) groups is 2. The van der Waals surface area contributed by atoms with Gasteiger partial charge in [-0.05, 0) is 84.7 Å². The second-order valence-electron chi connectivity index (χ2n) is 13.0. The summed E-state index contributed by atoms with van der Waals surface area (Å²) in [6.07, 6.45) is 1.43. The molecule has 262 valence electrons. The molecule has 0 fully saturated rings. The first-order chi connectivity index (χ1) is 24.0. The Morgan fingerprint density at radius 3 is 1.74 bits per heavy atom. The van der Waals surface area contributed by atoms with Gasteiger partial charge in [-0.3, -0.25) is 19.0 Å². The van der Waals surface area contributed by atoms with Crippen molar-refractivity contribution in [3.05, 3.63) is 94.2 Å². The van der Waals surface area contributed by atoms with E-state index < -0.39 is 0 Å². The lowest BCUT2D eigenvalue weighted by Gasteiger charge is -2.20. The number of carbonyl (C=O) groups excluding carboxylic acids is 2. The normalized spacial score (nSPS) is 13.9. The van der Waals surface area contributed by atoms with E-state index in [1.807, 2.05) is 87.3 Å². The van der Waals surface area contributed by atoms with Gasteiger partial charge in [0.1, 0.15) is 11.4 Å². The van der Waals surface area contributed by atoms with Crippen LogP contribution in [0.25, 0.3) is 22.1 Å². The minimum absolute atomic E-state index is 0.0512. The van der Waals surface area contributed by atoms with Crippen molar-refractivity contribution < 1.29 is 14.7 Å². The van der Waals surface area contributed by atoms with Crippen molar-refractivity contribution >= 4 is 33.9 Å². The maximum atomic E-state index is 13.7. The topological polar surface area (TPSA) is 134 Å². The minimum Gasteiger partial charge on any atom is -0.392 e. The summed E-state index contributed by atoms with van der Waals surface area (Å²) < 4.78 is 11.4. The molecule has 1 N–H and O–H groups in total. The molecular formula is C37H46N10O3. The molecule has 2 unspecified atom stereocenters. The smallest absolute Gasteiger partial charge is 0.298 e. The van der Waals surface area contributed by atoms with Gasteiger partial charge in [0.25, 0.3) is 11.8 Å². The van der Waals surface area contributed by atoms with E-state index in [2.05, 4.69) is 49.2 Å². The number of aromatic nitrogens is 8. The SMILES string of the molecule is CCn1nc(C)cc1C(=O)N=c1n(C)c2ccccc2n1C(C)CCC(C)n1c(=NC(=O)c2cc(C)nn2CC)n(C)c2cccc(CO)c21. The first-order valence-corrected chi connectivity index (χ1v) is 17.2. The van der Waals surface area contributed by atoms with Gasteiger partial charge in [-0.1, -0.05) is 24.3 Å². The Morgan fingerprint density at radius 2 is 1.20 bits per heavy atom. The lowest BCUT2D eigenvalue weighted by Crippen LogP contribution is -2.30. The third-order valence-electron chi connectivity index (χ3n) is 9.53. The number of aryl methyl sites for hydroxylation is 6. The van der Waals surface area contributed by atoms with Crippen LogP contribution in [-0.2, 0) is 33.8 Å². The van der Waals surface area contributed by atoms with Crippen LogP contribution in [0.5, 0.6) is 0 Å². The quantitative estimate of drug-likeness (QED) is 0.220. The molecule has 50 heavy (non-hydrogen) atoms. The molecule has 0 aliphatic carbocycles. The summed E-state index contributed by atoms with van der Waals surface area (Å²) >= 11 is 0. The van der Waals surface area contributed by atoms with Gasteiger partial charge in [0, 0.05) is 44.8 Å². The third kappa shape index (κ3) is 6.06. The number of imidazole rings is 2. The van der Waals surface area contributed by atoms with Crippen LogP contribution in [0.4, 0.5) is 0 Å². The zero-order valence-corrected chi connectivity index (χ0v) is 30.1. The van der Waals surface area contributed by atoms with Gasteiger partial charge >= 0.3 is 0 Å². The lowest BCUT2D eigenvalue weighted by atomic mass is 10.1. The number of hydrogen-bond donors (Lipinski definition) is 1. The second kappa shape index (κ2) is 13.9. The van der Waals surface area contributed by atoms with Crippen LogP contribution >= 0.6 is 0 Å². The third-order valence-corrected chi connectivity index (χ3v) is 9.53. The number of aliphatic hydroxyl groups is 1. The number of aliphatic hydroxyl groups excluding tert-OH is 1. The molecule has 6 rings (SSSR count). The first-order valence-electron chi connectivity index (χ1n) is 17.2. The molecule has 2 aromatic carbocycles. The summed E-state index contributed by atoms with van der Waals surface area (Å²) in [6, 6.07) is 17.2. The molecule has 13 heteroatoms. The van der Waals surface area contributed by atoms with E-state index in [1.54, 1.807) is 21.5 Å². The number of para-hydroxylation sites is 3. The van der Waals surface area contributed by atoms with E-state index in [4.69, 9.17) is 0 Å². The number of nitrogens with zero attached hydrogens (tertiary/aromatic N) is 10. The first kappa shape index (κ1) is 34.6. The maximum absolute atomic E-state index is 13.7. The molecule has 13 nitrogen and oxygen atoms in total. The Hall–Kier alpha value is -5.30. The molecule has 0 saturated heterocycles. The Balaban J connectivity index is 1.41. The number of amides is 2. The van der Waals surface area contributed by atoms with Crippen LogP contribution in [-0.4, -0.2) is 54.8 Å². The van der Waals surface area contributed by atoms with E-state index >= 15 is 0 Å². The van der Waals surface area contributed by atoms with Crippen molar-refractivity contribution in [3.63, 3.8) is 0 Å². The molecular weight excluding hydrogens is 632 g/mol. The van der Waals surface area contributed by atoms with Crippen LogP contribution in [0.15, 0.2) is 64.6 Å². The Bertz CT molecular complexity index is 2380. The molecule has 2 amide bonds. The molecule has 0 aliphatic heterocycles. The highest BCUT2D eigenvalue weighted by Crippen LogP contribution is 2.27. The minimum atomic E-state index is -0.375. The summed E-state index contributed by atoms with van der Waals surface area (Å²) in [5.41, 5.74) is 7.88. The molecule has 4 heterocycles. The average molecular weight is 679 g/mol. The van der Waals surface area contributed by atoms with Crippen LogP contribution in [0.1, 0.15) is 90.5 Å². The molecule has 0 spiro atoms. The predicted molar refractivity (Wildman–Crippen MR) is 191 cm³/mol. The van der Waals surface area contributed by atoms with Gasteiger partial charge in [-0.2, -0.15) is 20.2 Å². The van der Waals surface area contributed by atoms with E-state index in [9.17, 15) is 14.7 Å². The van der Waals surface area contributed by atoms with E-state index in [1.165, 1.54) is 0 Å². The molecule has 0 bridgehead atoms. The van der Waals surface area contributed by atoms with Crippen LogP contribution in [0, 0.1) is 13.8 Å². The standard InChI is InChI=1S/C37H46N10O3/c1-9-44-31(20-23(3)40-44)34(49)38-36-42(7)28-15-11-12-16-29(28)46(36)25(5)18-19-26(6)47-33-27(22-48)14-13-17-30(33)43(8)37(47)39-35(50)32-21-24(4)41-45(32)10-2/h11-17,20-21,25-26,48H,9-10,18-19,22H2,1-8H3. The fourth-order valence-electron chi connectivity index (χ4n) is 7.02. The summed E-state index contributed by atoms with van der Waals surface area (Å²) in [5, 5.41) is 19.3. The Morgan fingerprint density at radius 1 is 0.720 bits per heavy atom. The second-order valence-corrected chi connectivity index (χ2v) is 13.0. The largest absolute Gasteiger partial charge is 0.392 e. The molecule has 0 aliphatic rings. The van der Waals surface area contributed by atoms with Crippen LogP contribution < -0.4 is 11.2 Å². The predicted octanol–water partition coefficient (Wildman–Crippen LogP) is 4.90. The van der Waals surface area contributed by atoms with Gasteiger partial charge in [-0.15, -0.1) is 0 Å². The zero-order valence-electron chi connectivity index (χ0n) is 30.1.